The van der Waals surface area contributed by atoms with Gasteiger partial charge in [-0.25, -0.2) is 0 Å². The summed E-state index contributed by atoms with van der Waals surface area (Å²) in [6.07, 6.45) is 1.63. The van der Waals surface area contributed by atoms with Gasteiger partial charge in [-0.3, -0.25) is 0 Å². The second-order valence-corrected chi connectivity index (χ2v) is 4.30. The van der Waals surface area contributed by atoms with Crippen LogP contribution in [0.25, 0.3) is 0 Å². The van der Waals surface area contributed by atoms with Crippen LogP contribution in [0.5, 0.6) is 0 Å². The molecule has 0 saturated carbocycles. The van der Waals surface area contributed by atoms with Crippen molar-refractivity contribution in [3.05, 3.63) is 45.0 Å². The van der Waals surface area contributed by atoms with E-state index in [1.165, 1.54) is 0 Å². The van der Waals surface area contributed by atoms with Gasteiger partial charge in [-0.05, 0) is 44.4 Å². The van der Waals surface area contributed by atoms with Crippen LogP contribution >= 0.6 is 27.3 Å². The van der Waals surface area contributed by atoms with Crippen molar-refractivity contribution in [1.29, 1.82) is 0 Å². The van der Waals surface area contributed by atoms with Gasteiger partial charge in [0.1, 0.15) is 5.76 Å². The maximum absolute atomic E-state index is 5.99. The molecule has 0 aliphatic heterocycles. The summed E-state index contributed by atoms with van der Waals surface area (Å²) in [5.41, 5.74) is 7.07. The van der Waals surface area contributed by atoms with Crippen LogP contribution in [-0.2, 0) is 0 Å². The first-order valence-electron chi connectivity index (χ1n) is 3.79. The van der Waals surface area contributed by atoms with Crippen molar-refractivity contribution >= 4 is 27.3 Å². The molecule has 68 valence electrons. The zero-order chi connectivity index (χ0) is 9.26. The number of nitrogens with two attached hydrogens (primary N) is 1. The minimum absolute atomic E-state index is 0.171. The van der Waals surface area contributed by atoms with Gasteiger partial charge in [-0.2, -0.15) is 11.3 Å². The molecule has 13 heavy (non-hydrogen) atoms. The second kappa shape index (κ2) is 3.65. The highest BCUT2D eigenvalue weighted by Gasteiger charge is 2.15. The van der Waals surface area contributed by atoms with Gasteiger partial charge in [0.25, 0.3) is 0 Å². The summed E-state index contributed by atoms with van der Waals surface area (Å²) in [5, 5.41) is 4.03. The molecule has 0 amide bonds. The van der Waals surface area contributed by atoms with Gasteiger partial charge < -0.3 is 10.2 Å². The third-order valence-electron chi connectivity index (χ3n) is 1.83. The van der Waals surface area contributed by atoms with Crippen molar-refractivity contribution in [3.8, 4) is 0 Å². The van der Waals surface area contributed by atoms with Crippen LogP contribution in [0.15, 0.2) is 38.0 Å². The Morgan fingerprint density at radius 1 is 1.46 bits per heavy atom. The van der Waals surface area contributed by atoms with Crippen molar-refractivity contribution in [2.24, 2.45) is 5.73 Å². The smallest absolute Gasteiger partial charge is 0.139 e. The molecule has 2 aromatic rings. The van der Waals surface area contributed by atoms with E-state index in [2.05, 4.69) is 15.9 Å². The summed E-state index contributed by atoms with van der Waals surface area (Å²) in [6.45, 7) is 0. The van der Waals surface area contributed by atoms with Crippen LogP contribution in [-0.4, -0.2) is 0 Å². The third kappa shape index (κ3) is 1.70. The molecule has 0 aromatic carbocycles. The summed E-state index contributed by atoms with van der Waals surface area (Å²) in [7, 11) is 0. The Hall–Kier alpha value is -0.580. The Kier molecular flexibility index (Phi) is 2.53. The van der Waals surface area contributed by atoms with Crippen LogP contribution in [0, 0.1) is 0 Å². The molecular formula is C9H8BrNOS. The lowest BCUT2D eigenvalue weighted by Gasteiger charge is -2.06. The second-order valence-electron chi connectivity index (χ2n) is 2.67. The SMILES string of the molecule is NC(c1ccsc1)c1occc1Br. The lowest BCUT2D eigenvalue weighted by atomic mass is 10.1. The molecule has 0 saturated heterocycles. The average Bonchev–Trinajstić information content (AvgIpc) is 2.72. The van der Waals surface area contributed by atoms with Crippen molar-refractivity contribution in [3.63, 3.8) is 0 Å². The number of furan rings is 1. The zero-order valence-electron chi connectivity index (χ0n) is 6.74. The van der Waals surface area contributed by atoms with E-state index in [1.807, 2.05) is 22.9 Å². The van der Waals surface area contributed by atoms with E-state index in [1.54, 1.807) is 17.6 Å². The first-order chi connectivity index (χ1) is 6.29. The molecule has 0 fully saturated rings. The zero-order valence-corrected chi connectivity index (χ0v) is 9.14. The quantitative estimate of drug-likeness (QED) is 0.898. The van der Waals surface area contributed by atoms with Crippen LogP contribution in [0.2, 0.25) is 0 Å². The third-order valence-corrected chi connectivity index (χ3v) is 3.19. The van der Waals surface area contributed by atoms with Crippen molar-refractivity contribution in [2.75, 3.05) is 0 Å². The molecule has 1 atom stereocenters. The van der Waals surface area contributed by atoms with Crippen molar-refractivity contribution < 1.29 is 4.42 Å². The lowest BCUT2D eigenvalue weighted by Crippen LogP contribution is -2.10. The van der Waals surface area contributed by atoms with E-state index in [9.17, 15) is 0 Å². The fourth-order valence-electron chi connectivity index (χ4n) is 1.13. The summed E-state index contributed by atoms with van der Waals surface area (Å²) in [5.74, 6) is 0.776. The van der Waals surface area contributed by atoms with E-state index in [0.29, 0.717) is 0 Å². The van der Waals surface area contributed by atoms with Gasteiger partial charge in [-0.15, -0.1) is 0 Å². The summed E-state index contributed by atoms with van der Waals surface area (Å²) in [4.78, 5) is 0. The standard InChI is InChI=1S/C9H8BrNOS/c10-7-1-3-12-9(7)8(11)6-2-4-13-5-6/h1-5,8H,11H2. The molecule has 2 N–H and O–H groups in total. The molecule has 0 aliphatic rings. The predicted octanol–water partition coefficient (Wildman–Crippen LogP) is 3.15. The molecule has 2 rings (SSSR count). The highest BCUT2D eigenvalue weighted by molar-refractivity contribution is 9.10. The highest BCUT2D eigenvalue weighted by atomic mass is 79.9. The Morgan fingerprint density at radius 2 is 2.31 bits per heavy atom. The van der Waals surface area contributed by atoms with Crippen LogP contribution in [0.3, 0.4) is 0 Å². The van der Waals surface area contributed by atoms with Gasteiger partial charge in [0.2, 0.25) is 0 Å². The molecular weight excluding hydrogens is 250 g/mol. The number of thiophene rings is 1. The van der Waals surface area contributed by atoms with Gasteiger partial charge in [-0.1, -0.05) is 0 Å². The average molecular weight is 258 g/mol. The molecule has 2 heterocycles. The number of hydrogen-bond acceptors (Lipinski definition) is 3. The Balaban J connectivity index is 2.33. The molecule has 1 unspecified atom stereocenters. The minimum Gasteiger partial charge on any atom is -0.466 e. The molecule has 0 radical (unpaired) electrons. The maximum atomic E-state index is 5.99. The van der Waals surface area contributed by atoms with Crippen molar-refractivity contribution in [2.45, 2.75) is 6.04 Å². The Morgan fingerprint density at radius 3 is 2.85 bits per heavy atom. The highest BCUT2D eigenvalue weighted by Crippen LogP contribution is 2.28. The van der Waals surface area contributed by atoms with E-state index >= 15 is 0 Å². The number of hydrogen-bond donors (Lipinski definition) is 1. The van der Waals surface area contributed by atoms with E-state index < -0.39 is 0 Å². The summed E-state index contributed by atoms with van der Waals surface area (Å²) in [6, 6.07) is 3.68. The number of halogens is 1. The molecule has 2 aromatic heterocycles. The van der Waals surface area contributed by atoms with Gasteiger partial charge in [0.15, 0.2) is 0 Å². The van der Waals surface area contributed by atoms with Gasteiger partial charge in [0.05, 0.1) is 16.8 Å². The monoisotopic (exact) mass is 257 g/mol. The van der Waals surface area contributed by atoms with Gasteiger partial charge >= 0.3 is 0 Å². The van der Waals surface area contributed by atoms with Crippen LogP contribution in [0.4, 0.5) is 0 Å². The fourth-order valence-corrected chi connectivity index (χ4v) is 2.28. The topological polar surface area (TPSA) is 39.2 Å². The van der Waals surface area contributed by atoms with E-state index in [0.717, 1.165) is 15.8 Å². The Bertz CT molecular complexity index is 382. The molecule has 4 heteroatoms. The largest absolute Gasteiger partial charge is 0.466 e. The van der Waals surface area contributed by atoms with Crippen LogP contribution < -0.4 is 5.73 Å². The molecule has 0 spiro atoms. The summed E-state index contributed by atoms with van der Waals surface area (Å²) >= 11 is 5.02. The van der Waals surface area contributed by atoms with E-state index in [4.69, 9.17) is 10.2 Å². The Labute approximate surface area is 88.5 Å². The first-order valence-corrected chi connectivity index (χ1v) is 5.53. The minimum atomic E-state index is -0.171. The number of rotatable bonds is 2. The van der Waals surface area contributed by atoms with E-state index in [-0.39, 0.29) is 6.04 Å². The molecule has 0 bridgehead atoms. The normalized spacial score (nSPS) is 13.1. The van der Waals surface area contributed by atoms with Crippen LogP contribution in [0.1, 0.15) is 17.4 Å². The van der Waals surface area contributed by atoms with Crippen molar-refractivity contribution in [1.82, 2.24) is 0 Å². The first kappa shape index (κ1) is 8.99. The maximum Gasteiger partial charge on any atom is 0.139 e. The molecule has 0 aliphatic carbocycles. The molecule has 2 nitrogen and oxygen atoms in total. The fraction of sp³-hybridized carbons (Fsp3) is 0.111. The lowest BCUT2D eigenvalue weighted by molar-refractivity contribution is 0.488. The van der Waals surface area contributed by atoms with Gasteiger partial charge in [0, 0.05) is 0 Å². The summed E-state index contributed by atoms with van der Waals surface area (Å²) < 4.78 is 6.21. The predicted molar refractivity (Wildman–Crippen MR) is 56.8 cm³/mol.